The van der Waals surface area contributed by atoms with Crippen LogP contribution in [0, 0.1) is 0 Å². The molecule has 0 saturated carbocycles. The van der Waals surface area contributed by atoms with Crippen LogP contribution >= 0.6 is 15.9 Å². The van der Waals surface area contributed by atoms with Crippen molar-refractivity contribution in [1.82, 2.24) is 4.90 Å². The second-order valence-corrected chi connectivity index (χ2v) is 4.43. The van der Waals surface area contributed by atoms with Crippen LogP contribution in [0.1, 0.15) is 5.56 Å². The first kappa shape index (κ1) is 10.7. The van der Waals surface area contributed by atoms with Gasteiger partial charge in [0.15, 0.2) is 0 Å². The van der Waals surface area contributed by atoms with E-state index in [0.29, 0.717) is 0 Å². The maximum Gasteiger partial charge on any atom is 0.0642 e. The van der Waals surface area contributed by atoms with Crippen molar-refractivity contribution in [3.05, 3.63) is 40.5 Å². The summed E-state index contributed by atoms with van der Waals surface area (Å²) in [6.07, 6.45) is 4.28. The molecule has 80 valence electrons. The molecule has 0 bridgehead atoms. The average molecular weight is 268 g/mol. The Labute approximate surface area is 98.7 Å². The maximum atomic E-state index is 5.29. The summed E-state index contributed by atoms with van der Waals surface area (Å²) < 4.78 is 6.40. The predicted octanol–water partition coefficient (Wildman–Crippen LogP) is 2.75. The van der Waals surface area contributed by atoms with Crippen LogP contribution in [0.5, 0.6) is 0 Å². The van der Waals surface area contributed by atoms with Gasteiger partial charge in [-0.1, -0.05) is 28.1 Å². The zero-order valence-electron chi connectivity index (χ0n) is 8.53. The van der Waals surface area contributed by atoms with Crippen molar-refractivity contribution in [1.29, 1.82) is 0 Å². The first-order valence-corrected chi connectivity index (χ1v) is 5.89. The van der Waals surface area contributed by atoms with Gasteiger partial charge in [-0.05, 0) is 30.0 Å². The van der Waals surface area contributed by atoms with Gasteiger partial charge in [0.25, 0.3) is 0 Å². The molecule has 1 aliphatic rings. The third-order valence-corrected chi connectivity index (χ3v) is 2.92. The normalized spacial score (nSPS) is 17.3. The fourth-order valence-corrected chi connectivity index (χ4v) is 1.76. The van der Waals surface area contributed by atoms with Crippen LogP contribution < -0.4 is 0 Å². The molecule has 0 unspecified atom stereocenters. The summed E-state index contributed by atoms with van der Waals surface area (Å²) >= 11 is 3.42. The maximum absolute atomic E-state index is 5.29. The summed E-state index contributed by atoms with van der Waals surface area (Å²) in [5, 5.41) is 0. The van der Waals surface area contributed by atoms with Crippen molar-refractivity contribution in [2.45, 2.75) is 0 Å². The first-order valence-electron chi connectivity index (χ1n) is 5.10. The van der Waals surface area contributed by atoms with Gasteiger partial charge in [0.2, 0.25) is 0 Å². The summed E-state index contributed by atoms with van der Waals surface area (Å²) in [7, 11) is 0. The predicted molar refractivity (Wildman–Crippen MR) is 65.6 cm³/mol. The molecule has 0 aromatic heterocycles. The lowest BCUT2D eigenvalue weighted by Gasteiger charge is -2.24. The molecule has 1 heterocycles. The molecule has 0 atom stereocenters. The van der Waals surface area contributed by atoms with E-state index in [2.05, 4.69) is 57.4 Å². The lowest BCUT2D eigenvalue weighted by atomic mass is 10.2. The van der Waals surface area contributed by atoms with Gasteiger partial charge in [-0.3, -0.25) is 0 Å². The summed E-state index contributed by atoms with van der Waals surface area (Å²) in [6, 6.07) is 8.31. The Kier molecular flexibility index (Phi) is 3.80. The molecule has 0 radical (unpaired) electrons. The van der Waals surface area contributed by atoms with Crippen LogP contribution in [0.4, 0.5) is 0 Å². The van der Waals surface area contributed by atoms with Crippen LogP contribution in [-0.2, 0) is 4.74 Å². The molecule has 0 amide bonds. The van der Waals surface area contributed by atoms with E-state index in [4.69, 9.17) is 4.74 Å². The minimum Gasteiger partial charge on any atom is -0.378 e. The third kappa shape index (κ3) is 3.36. The van der Waals surface area contributed by atoms with E-state index in [1.165, 1.54) is 5.56 Å². The van der Waals surface area contributed by atoms with E-state index < -0.39 is 0 Å². The minimum atomic E-state index is 0.838. The van der Waals surface area contributed by atoms with Crippen LogP contribution in [0.2, 0.25) is 0 Å². The fourth-order valence-electron chi connectivity index (χ4n) is 1.49. The molecular weight excluding hydrogens is 254 g/mol. The highest BCUT2D eigenvalue weighted by molar-refractivity contribution is 9.10. The fraction of sp³-hybridized carbons (Fsp3) is 0.333. The molecule has 0 aliphatic carbocycles. The van der Waals surface area contributed by atoms with Gasteiger partial charge >= 0.3 is 0 Å². The molecular formula is C12H14BrNO. The van der Waals surface area contributed by atoms with E-state index in [0.717, 1.165) is 30.8 Å². The van der Waals surface area contributed by atoms with Crippen molar-refractivity contribution in [3.63, 3.8) is 0 Å². The zero-order chi connectivity index (χ0) is 10.5. The molecule has 1 aliphatic heterocycles. The highest BCUT2D eigenvalue weighted by Gasteiger charge is 2.04. The Morgan fingerprint density at radius 3 is 2.47 bits per heavy atom. The molecule has 1 aromatic rings. The quantitative estimate of drug-likeness (QED) is 0.817. The van der Waals surface area contributed by atoms with E-state index in [9.17, 15) is 0 Å². The van der Waals surface area contributed by atoms with Crippen molar-refractivity contribution < 1.29 is 4.74 Å². The zero-order valence-corrected chi connectivity index (χ0v) is 10.1. The molecule has 1 saturated heterocycles. The van der Waals surface area contributed by atoms with Crippen LogP contribution in [-0.4, -0.2) is 31.2 Å². The topological polar surface area (TPSA) is 12.5 Å². The Morgan fingerprint density at radius 2 is 1.80 bits per heavy atom. The Balaban J connectivity index is 1.95. The van der Waals surface area contributed by atoms with Crippen molar-refractivity contribution in [2.24, 2.45) is 0 Å². The summed E-state index contributed by atoms with van der Waals surface area (Å²) in [4.78, 5) is 2.28. The second-order valence-electron chi connectivity index (χ2n) is 3.52. The number of benzene rings is 1. The lowest BCUT2D eigenvalue weighted by Crippen LogP contribution is -2.31. The summed E-state index contributed by atoms with van der Waals surface area (Å²) in [5.41, 5.74) is 1.23. The molecule has 2 nitrogen and oxygen atoms in total. The van der Waals surface area contributed by atoms with Crippen LogP contribution in [0.3, 0.4) is 0 Å². The van der Waals surface area contributed by atoms with Crippen LogP contribution in [0.25, 0.3) is 6.08 Å². The molecule has 1 fully saturated rings. The molecule has 2 rings (SSSR count). The van der Waals surface area contributed by atoms with Gasteiger partial charge in [-0.25, -0.2) is 0 Å². The lowest BCUT2D eigenvalue weighted by molar-refractivity contribution is 0.0597. The molecule has 1 aromatic carbocycles. The summed E-state index contributed by atoms with van der Waals surface area (Å²) in [5.74, 6) is 0. The van der Waals surface area contributed by atoms with E-state index >= 15 is 0 Å². The number of halogens is 1. The van der Waals surface area contributed by atoms with E-state index in [1.807, 2.05) is 0 Å². The number of hydrogen-bond acceptors (Lipinski definition) is 2. The average Bonchev–Trinajstić information content (AvgIpc) is 2.30. The summed E-state index contributed by atoms with van der Waals surface area (Å²) in [6.45, 7) is 3.66. The highest BCUT2D eigenvalue weighted by atomic mass is 79.9. The van der Waals surface area contributed by atoms with Crippen molar-refractivity contribution in [2.75, 3.05) is 26.3 Å². The van der Waals surface area contributed by atoms with Crippen molar-refractivity contribution in [3.8, 4) is 0 Å². The van der Waals surface area contributed by atoms with Gasteiger partial charge < -0.3 is 9.64 Å². The number of morpholine rings is 1. The number of ether oxygens (including phenoxy) is 1. The molecule has 0 N–H and O–H groups in total. The van der Waals surface area contributed by atoms with E-state index in [-0.39, 0.29) is 0 Å². The third-order valence-electron chi connectivity index (χ3n) is 2.39. The molecule has 15 heavy (non-hydrogen) atoms. The number of hydrogen-bond donors (Lipinski definition) is 0. The van der Waals surface area contributed by atoms with Gasteiger partial charge in [0.05, 0.1) is 13.2 Å². The monoisotopic (exact) mass is 267 g/mol. The second kappa shape index (κ2) is 5.33. The van der Waals surface area contributed by atoms with Crippen molar-refractivity contribution >= 4 is 22.0 Å². The van der Waals surface area contributed by atoms with Gasteiger partial charge in [0.1, 0.15) is 0 Å². The minimum absolute atomic E-state index is 0.838. The molecule has 0 spiro atoms. The van der Waals surface area contributed by atoms with Gasteiger partial charge in [0, 0.05) is 17.6 Å². The van der Waals surface area contributed by atoms with E-state index in [1.54, 1.807) is 0 Å². The van der Waals surface area contributed by atoms with Gasteiger partial charge in [-0.15, -0.1) is 0 Å². The molecule has 3 heteroatoms. The Bertz CT molecular complexity index is 328. The first-order chi connectivity index (χ1) is 7.34. The highest BCUT2D eigenvalue weighted by Crippen LogP contribution is 2.12. The smallest absolute Gasteiger partial charge is 0.0642 e. The SMILES string of the molecule is Brc1ccc(/C=C/N2CCOCC2)cc1. The number of rotatable bonds is 2. The Hall–Kier alpha value is -0.800. The largest absolute Gasteiger partial charge is 0.378 e. The number of nitrogens with zero attached hydrogens (tertiary/aromatic N) is 1. The standard InChI is InChI=1S/C12H14BrNO/c13-12-3-1-11(2-4-12)5-6-14-7-9-15-10-8-14/h1-6H,7-10H2/b6-5+. The van der Waals surface area contributed by atoms with Crippen LogP contribution in [0.15, 0.2) is 34.9 Å². The Morgan fingerprint density at radius 1 is 1.13 bits per heavy atom. The van der Waals surface area contributed by atoms with Gasteiger partial charge in [-0.2, -0.15) is 0 Å².